The molecular formula is C21H14BrCl3N2O2. The molecule has 0 radical (unpaired) electrons. The first-order valence-electron chi connectivity index (χ1n) is 8.37. The molecule has 0 fully saturated rings. The molecule has 1 amide bonds. The van der Waals surface area contributed by atoms with Crippen molar-refractivity contribution in [1.82, 2.24) is 5.43 Å². The summed E-state index contributed by atoms with van der Waals surface area (Å²) in [4.78, 5) is 12.1. The second-order valence-electron chi connectivity index (χ2n) is 5.94. The summed E-state index contributed by atoms with van der Waals surface area (Å²) in [6.45, 7) is 0.298. The molecule has 0 saturated heterocycles. The SMILES string of the molecule is O=C(N/N=C\c1cc(Cl)c(OCc2ccc(Cl)cc2)c(Cl)c1)c1cccc(Br)c1. The van der Waals surface area contributed by atoms with Gasteiger partial charge in [0.15, 0.2) is 5.75 Å². The van der Waals surface area contributed by atoms with Crippen LogP contribution in [0.2, 0.25) is 15.1 Å². The van der Waals surface area contributed by atoms with Gasteiger partial charge in [0.1, 0.15) is 6.61 Å². The Morgan fingerprint density at radius 2 is 1.72 bits per heavy atom. The van der Waals surface area contributed by atoms with Crippen LogP contribution in [0.25, 0.3) is 0 Å². The summed E-state index contributed by atoms with van der Waals surface area (Å²) in [5, 5.41) is 5.28. The summed E-state index contributed by atoms with van der Waals surface area (Å²) in [6, 6.07) is 17.6. The van der Waals surface area contributed by atoms with Crippen molar-refractivity contribution in [2.45, 2.75) is 6.61 Å². The molecule has 0 aliphatic heterocycles. The van der Waals surface area contributed by atoms with E-state index in [-0.39, 0.29) is 5.91 Å². The number of halogens is 4. The highest BCUT2D eigenvalue weighted by Gasteiger charge is 2.10. The number of amides is 1. The lowest BCUT2D eigenvalue weighted by atomic mass is 10.2. The van der Waals surface area contributed by atoms with Gasteiger partial charge < -0.3 is 4.74 Å². The number of ether oxygens (including phenoxy) is 1. The van der Waals surface area contributed by atoms with Crippen LogP contribution in [0, 0.1) is 0 Å². The molecule has 0 spiro atoms. The van der Waals surface area contributed by atoms with E-state index >= 15 is 0 Å². The number of nitrogens with one attached hydrogen (secondary N) is 1. The Morgan fingerprint density at radius 1 is 1.03 bits per heavy atom. The first-order chi connectivity index (χ1) is 13.9. The molecular weight excluding hydrogens is 499 g/mol. The molecule has 3 aromatic carbocycles. The molecule has 0 atom stereocenters. The molecule has 3 rings (SSSR count). The van der Waals surface area contributed by atoms with Crippen LogP contribution in [0.5, 0.6) is 5.75 Å². The molecule has 0 aromatic heterocycles. The molecule has 8 heteroatoms. The zero-order chi connectivity index (χ0) is 20.8. The zero-order valence-corrected chi connectivity index (χ0v) is 18.7. The van der Waals surface area contributed by atoms with Crippen LogP contribution in [0.15, 0.2) is 70.2 Å². The average Bonchev–Trinajstić information content (AvgIpc) is 2.68. The van der Waals surface area contributed by atoms with Crippen molar-refractivity contribution in [3.05, 3.63) is 96.9 Å². The Labute approximate surface area is 191 Å². The predicted molar refractivity (Wildman–Crippen MR) is 121 cm³/mol. The second-order valence-corrected chi connectivity index (χ2v) is 8.10. The van der Waals surface area contributed by atoms with Gasteiger partial charge in [-0.15, -0.1) is 0 Å². The molecule has 0 unspecified atom stereocenters. The molecule has 0 heterocycles. The monoisotopic (exact) mass is 510 g/mol. The third-order valence-electron chi connectivity index (χ3n) is 3.78. The maximum atomic E-state index is 12.1. The van der Waals surface area contributed by atoms with Gasteiger partial charge in [0.05, 0.1) is 16.3 Å². The number of carbonyl (C=O) groups excluding carboxylic acids is 1. The Morgan fingerprint density at radius 3 is 2.38 bits per heavy atom. The minimum absolute atomic E-state index is 0.298. The van der Waals surface area contributed by atoms with Crippen LogP contribution in [0.4, 0.5) is 0 Å². The zero-order valence-electron chi connectivity index (χ0n) is 14.8. The van der Waals surface area contributed by atoms with Gasteiger partial charge in [0, 0.05) is 15.1 Å². The normalized spacial score (nSPS) is 10.9. The fourth-order valence-electron chi connectivity index (χ4n) is 2.39. The van der Waals surface area contributed by atoms with Crippen molar-refractivity contribution in [3.8, 4) is 5.75 Å². The summed E-state index contributed by atoms with van der Waals surface area (Å²) < 4.78 is 6.54. The van der Waals surface area contributed by atoms with Gasteiger partial charge in [0.25, 0.3) is 5.91 Å². The molecule has 0 bridgehead atoms. The van der Waals surface area contributed by atoms with Gasteiger partial charge in [-0.05, 0) is 53.6 Å². The number of nitrogens with zero attached hydrogens (tertiary/aromatic N) is 1. The van der Waals surface area contributed by atoms with Crippen molar-refractivity contribution in [2.75, 3.05) is 0 Å². The topological polar surface area (TPSA) is 50.7 Å². The summed E-state index contributed by atoms with van der Waals surface area (Å²) in [6.07, 6.45) is 1.45. The first-order valence-corrected chi connectivity index (χ1v) is 10.3. The Hall–Kier alpha value is -2.05. The van der Waals surface area contributed by atoms with Crippen molar-refractivity contribution in [1.29, 1.82) is 0 Å². The summed E-state index contributed by atoms with van der Waals surface area (Å²) in [5.74, 6) is 0.0428. The first kappa shape index (κ1) is 21.7. The molecule has 29 heavy (non-hydrogen) atoms. The lowest BCUT2D eigenvalue weighted by Gasteiger charge is -2.11. The van der Waals surface area contributed by atoms with Gasteiger partial charge in [-0.3, -0.25) is 4.79 Å². The van der Waals surface area contributed by atoms with Crippen molar-refractivity contribution in [2.24, 2.45) is 5.10 Å². The lowest BCUT2D eigenvalue weighted by Crippen LogP contribution is -2.17. The van der Waals surface area contributed by atoms with E-state index in [1.807, 2.05) is 18.2 Å². The van der Waals surface area contributed by atoms with Gasteiger partial charge in [-0.25, -0.2) is 5.43 Å². The maximum absolute atomic E-state index is 12.1. The van der Waals surface area contributed by atoms with Crippen molar-refractivity contribution >= 4 is 62.9 Å². The van der Waals surface area contributed by atoms with Gasteiger partial charge in [0.2, 0.25) is 0 Å². The minimum Gasteiger partial charge on any atom is -0.486 e. The fraction of sp³-hybridized carbons (Fsp3) is 0.0476. The Kier molecular flexibility index (Phi) is 7.56. The van der Waals surface area contributed by atoms with Crippen LogP contribution >= 0.6 is 50.7 Å². The molecule has 3 aromatic rings. The number of hydrogen-bond donors (Lipinski definition) is 1. The number of rotatable bonds is 6. The highest BCUT2D eigenvalue weighted by molar-refractivity contribution is 9.10. The van der Waals surface area contributed by atoms with Crippen LogP contribution < -0.4 is 10.2 Å². The van der Waals surface area contributed by atoms with E-state index in [2.05, 4.69) is 26.5 Å². The standard InChI is InChI=1S/C21H14BrCl3N2O2/c22-16-3-1-2-15(10-16)21(28)27-26-11-14-8-18(24)20(19(25)9-14)29-12-13-4-6-17(23)7-5-13/h1-11H,12H2,(H,27,28)/b26-11-. The number of carbonyl (C=O) groups is 1. The molecule has 0 aliphatic carbocycles. The molecule has 0 aliphatic rings. The van der Waals surface area contributed by atoms with Crippen LogP contribution in [0.1, 0.15) is 21.5 Å². The maximum Gasteiger partial charge on any atom is 0.271 e. The van der Waals surface area contributed by atoms with E-state index in [1.54, 1.807) is 42.5 Å². The number of hydrogen-bond acceptors (Lipinski definition) is 3. The van der Waals surface area contributed by atoms with Crippen LogP contribution in [0.3, 0.4) is 0 Å². The highest BCUT2D eigenvalue weighted by Crippen LogP contribution is 2.34. The molecule has 148 valence electrons. The lowest BCUT2D eigenvalue weighted by molar-refractivity contribution is 0.0955. The van der Waals surface area contributed by atoms with Crippen molar-refractivity contribution < 1.29 is 9.53 Å². The largest absolute Gasteiger partial charge is 0.486 e. The fourth-order valence-corrected chi connectivity index (χ4v) is 3.53. The minimum atomic E-state index is -0.331. The third-order valence-corrected chi connectivity index (χ3v) is 5.09. The van der Waals surface area contributed by atoms with Gasteiger partial charge in [-0.2, -0.15) is 5.10 Å². The second kappa shape index (κ2) is 10.1. The third kappa shape index (κ3) is 6.21. The number of benzene rings is 3. The van der Waals surface area contributed by atoms with E-state index in [0.29, 0.717) is 38.6 Å². The summed E-state index contributed by atoms with van der Waals surface area (Å²) in [7, 11) is 0. The van der Waals surface area contributed by atoms with Crippen LogP contribution in [-0.2, 0) is 6.61 Å². The van der Waals surface area contributed by atoms with E-state index in [9.17, 15) is 4.79 Å². The summed E-state index contributed by atoms with van der Waals surface area (Å²) >= 11 is 21.8. The predicted octanol–water partition coefficient (Wildman–Crippen LogP) is 6.75. The van der Waals surface area contributed by atoms with E-state index in [4.69, 9.17) is 39.5 Å². The van der Waals surface area contributed by atoms with Crippen molar-refractivity contribution in [3.63, 3.8) is 0 Å². The average molecular weight is 513 g/mol. The van der Waals surface area contributed by atoms with Gasteiger partial charge >= 0.3 is 0 Å². The highest BCUT2D eigenvalue weighted by atomic mass is 79.9. The number of hydrazone groups is 1. The molecule has 0 saturated carbocycles. The van der Waals surface area contributed by atoms with Gasteiger partial charge in [-0.1, -0.05) is 68.9 Å². The molecule has 4 nitrogen and oxygen atoms in total. The van der Waals surface area contributed by atoms with E-state index in [0.717, 1.165) is 10.0 Å². The quantitative estimate of drug-likeness (QED) is 0.293. The smallest absolute Gasteiger partial charge is 0.271 e. The molecule has 1 N–H and O–H groups in total. The summed E-state index contributed by atoms with van der Waals surface area (Å²) in [5.41, 5.74) is 4.50. The Bertz CT molecular complexity index is 1030. The van der Waals surface area contributed by atoms with E-state index < -0.39 is 0 Å². The van der Waals surface area contributed by atoms with E-state index in [1.165, 1.54) is 6.21 Å². The Balaban J connectivity index is 1.64. The van der Waals surface area contributed by atoms with Crippen LogP contribution in [-0.4, -0.2) is 12.1 Å².